The third kappa shape index (κ3) is 2.28. The summed E-state index contributed by atoms with van der Waals surface area (Å²) in [5, 5.41) is 18.2. The van der Waals surface area contributed by atoms with E-state index < -0.39 is 17.6 Å². The Balaban J connectivity index is 3.65. The van der Waals surface area contributed by atoms with Gasteiger partial charge in [0.1, 0.15) is 17.7 Å². The van der Waals surface area contributed by atoms with Crippen molar-refractivity contribution in [3.8, 4) is 6.07 Å². The zero-order valence-electron chi connectivity index (χ0n) is 10.9. The lowest BCUT2D eigenvalue weighted by Crippen LogP contribution is -2.36. The van der Waals surface area contributed by atoms with E-state index >= 15 is 0 Å². The maximum absolute atomic E-state index is 12.2. The Kier molecular flexibility index (Phi) is 3.92. The smallest absolute Gasteiger partial charge is 0.327 e. The van der Waals surface area contributed by atoms with Gasteiger partial charge in [0.25, 0.3) is 5.56 Å². The number of aliphatic carboxylic acids is 1. The number of hydrogen-bond donors (Lipinski definition) is 1. The maximum Gasteiger partial charge on any atom is 0.327 e. The summed E-state index contributed by atoms with van der Waals surface area (Å²) in [6.45, 7) is 6.81. The average Bonchev–Trinajstić information content (AvgIpc) is 2.23. The first-order valence-electron chi connectivity index (χ1n) is 5.66. The number of nitriles is 1. The van der Waals surface area contributed by atoms with Gasteiger partial charge in [0.2, 0.25) is 0 Å². The quantitative estimate of drug-likeness (QED) is 0.881. The molecule has 0 spiro atoms. The summed E-state index contributed by atoms with van der Waals surface area (Å²) in [5.41, 5.74) is 0.602. The fraction of sp³-hybridized carbons (Fsp3) is 0.462. The molecule has 5 nitrogen and oxygen atoms in total. The van der Waals surface area contributed by atoms with Gasteiger partial charge in [0.05, 0.1) is 0 Å². The summed E-state index contributed by atoms with van der Waals surface area (Å²) >= 11 is 0. The number of carbonyl (C=O) groups is 1. The van der Waals surface area contributed by atoms with E-state index in [-0.39, 0.29) is 11.5 Å². The molecule has 1 atom stereocenters. The van der Waals surface area contributed by atoms with Crippen molar-refractivity contribution in [1.82, 2.24) is 4.57 Å². The molecule has 0 saturated carbocycles. The number of pyridine rings is 1. The molecule has 96 valence electrons. The van der Waals surface area contributed by atoms with Crippen LogP contribution in [0, 0.1) is 31.1 Å². The molecule has 0 saturated heterocycles. The van der Waals surface area contributed by atoms with Crippen LogP contribution in [0.3, 0.4) is 0 Å². The number of aryl methyl sites for hydroxylation is 2. The summed E-state index contributed by atoms with van der Waals surface area (Å²) in [5.74, 6) is -1.31. The third-order valence-electron chi connectivity index (χ3n) is 2.91. The van der Waals surface area contributed by atoms with Crippen LogP contribution >= 0.6 is 0 Å². The summed E-state index contributed by atoms with van der Waals surface area (Å²) in [7, 11) is 0. The minimum absolute atomic E-state index is 0.00694. The van der Waals surface area contributed by atoms with Crippen molar-refractivity contribution in [2.24, 2.45) is 5.92 Å². The molecule has 5 heteroatoms. The first-order valence-corrected chi connectivity index (χ1v) is 5.66. The molecule has 1 heterocycles. The highest BCUT2D eigenvalue weighted by molar-refractivity contribution is 5.72. The molecule has 18 heavy (non-hydrogen) atoms. The summed E-state index contributed by atoms with van der Waals surface area (Å²) < 4.78 is 1.19. The second-order valence-corrected chi connectivity index (χ2v) is 4.66. The van der Waals surface area contributed by atoms with Gasteiger partial charge in [-0.2, -0.15) is 5.26 Å². The Hall–Kier alpha value is -2.09. The van der Waals surface area contributed by atoms with Crippen LogP contribution in [0.2, 0.25) is 0 Å². The van der Waals surface area contributed by atoms with Crippen LogP contribution < -0.4 is 5.56 Å². The van der Waals surface area contributed by atoms with Gasteiger partial charge in [-0.25, -0.2) is 4.79 Å². The van der Waals surface area contributed by atoms with E-state index in [9.17, 15) is 14.7 Å². The van der Waals surface area contributed by atoms with Crippen LogP contribution in [0.4, 0.5) is 0 Å². The van der Waals surface area contributed by atoms with Gasteiger partial charge in [-0.15, -0.1) is 0 Å². The highest BCUT2D eigenvalue weighted by Gasteiger charge is 2.27. The SMILES string of the molecule is Cc1cc(C)n(C(C(=O)O)C(C)C)c(=O)c1C#N. The zero-order chi connectivity index (χ0) is 14.0. The highest BCUT2D eigenvalue weighted by Crippen LogP contribution is 2.19. The number of hydrogen-bond acceptors (Lipinski definition) is 3. The van der Waals surface area contributed by atoms with E-state index in [0.717, 1.165) is 0 Å². The molecular formula is C13H16N2O3. The first kappa shape index (κ1) is 14.0. The van der Waals surface area contributed by atoms with Crippen molar-refractivity contribution in [1.29, 1.82) is 5.26 Å². The molecule has 0 aliphatic heterocycles. The van der Waals surface area contributed by atoms with E-state index in [2.05, 4.69) is 0 Å². The van der Waals surface area contributed by atoms with E-state index in [1.807, 2.05) is 6.07 Å². The molecule has 1 aromatic heterocycles. The van der Waals surface area contributed by atoms with Gasteiger partial charge in [-0.05, 0) is 31.4 Å². The molecule has 0 aliphatic carbocycles. The predicted molar refractivity (Wildman–Crippen MR) is 66.4 cm³/mol. The standard InChI is InChI=1S/C13H16N2O3/c1-7(2)11(13(17)18)15-9(4)5-8(3)10(6-14)12(15)16/h5,7,11H,1-4H3,(H,17,18). The largest absolute Gasteiger partial charge is 0.480 e. The molecule has 0 aliphatic rings. The number of aromatic nitrogens is 1. The Morgan fingerprint density at radius 2 is 2.00 bits per heavy atom. The van der Waals surface area contributed by atoms with Crippen LogP contribution in [-0.4, -0.2) is 15.6 Å². The second-order valence-electron chi connectivity index (χ2n) is 4.66. The number of nitrogens with zero attached hydrogens (tertiary/aromatic N) is 2. The summed E-state index contributed by atoms with van der Waals surface area (Å²) in [4.78, 5) is 23.5. The Bertz CT molecular complexity index is 579. The van der Waals surface area contributed by atoms with Gasteiger partial charge in [-0.1, -0.05) is 13.8 Å². The lowest BCUT2D eigenvalue weighted by molar-refractivity contribution is -0.142. The number of carboxylic acid groups (broad SMARTS) is 1. The summed E-state index contributed by atoms with van der Waals surface area (Å²) in [6, 6.07) is 2.55. The van der Waals surface area contributed by atoms with Gasteiger partial charge >= 0.3 is 5.97 Å². The van der Waals surface area contributed by atoms with Crippen molar-refractivity contribution >= 4 is 5.97 Å². The van der Waals surface area contributed by atoms with Gasteiger partial charge < -0.3 is 5.11 Å². The molecule has 1 N–H and O–H groups in total. The molecule has 0 fully saturated rings. The van der Waals surface area contributed by atoms with Crippen LogP contribution in [-0.2, 0) is 4.79 Å². The molecule has 0 amide bonds. The normalized spacial score (nSPS) is 12.2. The topological polar surface area (TPSA) is 83.1 Å². The van der Waals surface area contributed by atoms with Crippen LogP contribution in [0.25, 0.3) is 0 Å². The highest BCUT2D eigenvalue weighted by atomic mass is 16.4. The fourth-order valence-electron chi connectivity index (χ4n) is 2.08. The Morgan fingerprint density at radius 3 is 2.39 bits per heavy atom. The molecular weight excluding hydrogens is 232 g/mol. The van der Waals surface area contributed by atoms with E-state index in [1.165, 1.54) is 4.57 Å². The molecule has 0 bridgehead atoms. The molecule has 0 radical (unpaired) electrons. The first-order chi connectivity index (χ1) is 8.31. The third-order valence-corrected chi connectivity index (χ3v) is 2.91. The van der Waals surface area contributed by atoms with Crippen molar-refractivity contribution in [2.75, 3.05) is 0 Å². The number of carboxylic acids is 1. The monoisotopic (exact) mass is 248 g/mol. The lowest BCUT2D eigenvalue weighted by Gasteiger charge is -2.22. The van der Waals surface area contributed by atoms with Crippen molar-refractivity contribution < 1.29 is 9.90 Å². The average molecular weight is 248 g/mol. The van der Waals surface area contributed by atoms with Crippen LogP contribution in [0.15, 0.2) is 10.9 Å². The van der Waals surface area contributed by atoms with Gasteiger partial charge in [0, 0.05) is 5.69 Å². The van der Waals surface area contributed by atoms with E-state index in [1.54, 1.807) is 33.8 Å². The lowest BCUT2D eigenvalue weighted by atomic mass is 10.0. The molecule has 1 aromatic rings. The summed E-state index contributed by atoms with van der Waals surface area (Å²) in [6.07, 6.45) is 0. The minimum Gasteiger partial charge on any atom is -0.480 e. The molecule has 1 rings (SSSR count). The minimum atomic E-state index is -1.07. The molecule has 0 aromatic carbocycles. The zero-order valence-corrected chi connectivity index (χ0v) is 10.9. The molecule has 1 unspecified atom stereocenters. The predicted octanol–water partition coefficient (Wildman–Crippen LogP) is 1.62. The van der Waals surface area contributed by atoms with Crippen molar-refractivity contribution in [3.05, 3.63) is 33.2 Å². The number of rotatable bonds is 3. The van der Waals surface area contributed by atoms with E-state index in [0.29, 0.717) is 11.3 Å². The van der Waals surface area contributed by atoms with Crippen molar-refractivity contribution in [2.45, 2.75) is 33.7 Å². The van der Waals surface area contributed by atoms with Gasteiger partial charge in [-0.3, -0.25) is 9.36 Å². The fourth-order valence-corrected chi connectivity index (χ4v) is 2.08. The second kappa shape index (κ2) is 5.05. The Labute approximate surface area is 105 Å². The maximum atomic E-state index is 12.2. The van der Waals surface area contributed by atoms with E-state index in [4.69, 9.17) is 5.26 Å². The Morgan fingerprint density at radius 1 is 1.44 bits per heavy atom. The van der Waals surface area contributed by atoms with Gasteiger partial charge in [0.15, 0.2) is 0 Å². The van der Waals surface area contributed by atoms with Crippen LogP contribution in [0.5, 0.6) is 0 Å². The van der Waals surface area contributed by atoms with Crippen LogP contribution in [0.1, 0.15) is 36.7 Å². The van der Waals surface area contributed by atoms with Crippen molar-refractivity contribution in [3.63, 3.8) is 0 Å².